The van der Waals surface area contributed by atoms with Crippen molar-refractivity contribution in [2.24, 2.45) is 0 Å². The number of hydrogen-bond acceptors (Lipinski definition) is 4. The van der Waals surface area contributed by atoms with E-state index in [1.165, 1.54) is 26.0 Å². The predicted octanol–water partition coefficient (Wildman–Crippen LogP) is 4.42. The summed E-state index contributed by atoms with van der Waals surface area (Å²) in [6.07, 6.45) is 1.02. The standard InChI is InChI=1S/C16H22N2S2/c1-4-13-15(10-17-5-2)20-16(18-13)11-19-14-9-7-6-8-12(14)3/h6-9,17H,4-5,10-11H2,1-3H3. The SMILES string of the molecule is CCNCc1sc(CSc2ccccc2C)nc1CC. The van der Waals surface area contributed by atoms with E-state index in [-0.39, 0.29) is 0 Å². The van der Waals surface area contributed by atoms with Crippen LogP contribution in [-0.4, -0.2) is 11.5 Å². The highest BCUT2D eigenvalue weighted by atomic mass is 32.2. The maximum atomic E-state index is 4.78. The smallest absolute Gasteiger partial charge is 0.103 e. The van der Waals surface area contributed by atoms with Crippen LogP contribution in [0.5, 0.6) is 0 Å². The first-order valence-electron chi connectivity index (χ1n) is 7.11. The van der Waals surface area contributed by atoms with Crippen molar-refractivity contribution < 1.29 is 0 Å². The molecule has 20 heavy (non-hydrogen) atoms. The minimum Gasteiger partial charge on any atom is -0.312 e. The van der Waals surface area contributed by atoms with Crippen LogP contribution in [0.2, 0.25) is 0 Å². The summed E-state index contributed by atoms with van der Waals surface area (Å²) in [6, 6.07) is 8.55. The van der Waals surface area contributed by atoms with Crippen LogP contribution in [-0.2, 0) is 18.7 Å². The Bertz CT molecular complexity index is 549. The number of aromatic nitrogens is 1. The van der Waals surface area contributed by atoms with E-state index in [2.05, 4.69) is 50.4 Å². The molecular formula is C16H22N2S2. The van der Waals surface area contributed by atoms with Crippen LogP contribution in [0, 0.1) is 6.92 Å². The summed E-state index contributed by atoms with van der Waals surface area (Å²) >= 11 is 3.74. The van der Waals surface area contributed by atoms with Crippen LogP contribution < -0.4 is 5.32 Å². The second-order valence-corrected chi connectivity index (χ2v) is 6.85. The molecule has 1 N–H and O–H groups in total. The maximum absolute atomic E-state index is 4.78. The number of thioether (sulfide) groups is 1. The molecule has 1 heterocycles. The quantitative estimate of drug-likeness (QED) is 0.767. The zero-order chi connectivity index (χ0) is 14.4. The molecule has 0 atom stereocenters. The molecule has 0 bridgehead atoms. The second-order valence-electron chi connectivity index (χ2n) is 4.67. The Kier molecular flexibility index (Phi) is 6.07. The fourth-order valence-corrected chi connectivity index (χ4v) is 4.16. The molecule has 0 saturated carbocycles. The second kappa shape index (κ2) is 7.81. The third kappa shape index (κ3) is 4.08. The van der Waals surface area contributed by atoms with Gasteiger partial charge in [0.2, 0.25) is 0 Å². The van der Waals surface area contributed by atoms with E-state index in [0.717, 1.165) is 25.3 Å². The first kappa shape index (κ1) is 15.5. The first-order valence-corrected chi connectivity index (χ1v) is 8.91. The highest BCUT2D eigenvalue weighted by Gasteiger charge is 2.10. The zero-order valence-corrected chi connectivity index (χ0v) is 14.0. The van der Waals surface area contributed by atoms with Gasteiger partial charge in [0.05, 0.1) is 11.4 Å². The molecule has 2 rings (SSSR count). The molecule has 0 aliphatic carbocycles. The van der Waals surface area contributed by atoms with Crippen molar-refractivity contribution in [1.29, 1.82) is 0 Å². The van der Waals surface area contributed by atoms with Gasteiger partial charge in [0.1, 0.15) is 5.01 Å². The molecule has 2 aromatic rings. The summed E-state index contributed by atoms with van der Waals surface area (Å²) in [5, 5.41) is 4.64. The van der Waals surface area contributed by atoms with Crippen molar-refractivity contribution in [1.82, 2.24) is 10.3 Å². The van der Waals surface area contributed by atoms with E-state index in [4.69, 9.17) is 4.98 Å². The Labute approximate surface area is 130 Å². The van der Waals surface area contributed by atoms with E-state index < -0.39 is 0 Å². The molecule has 0 saturated heterocycles. The molecule has 1 aromatic heterocycles. The van der Waals surface area contributed by atoms with E-state index in [1.54, 1.807) is 0 Å². The largest absolute Gasteiger partial charge is 0.312 e. The van der Waals surface area contributed by atoms with Crippen molar-refractivity contribution >= 4 is 23.1 Å². The molecule has 2 nitrogen and oxygen atoms in total. The van der Waals surface area contributed by atoms with Gasteiger partial charge in [-0.1, -0.05) is 32.0 Å². The monoisotopic (exact) mass is 306 g/mol. The summed E-state index contributed by atoms with van der Waals surface area (Å²) in [5.74, 6) is 0.967. The Morgan fingerprint density at radius 1 is 1.25 bits per heavy atom. The molecule has 0 amide bonds. The van der Waals surface area contributed by atoms with E-state index in [9.17, 15) is 0 Å². The van der Waals surface area contributed by atoms with Gasteiger partial charge in [0.15, 0.2) is 0 Å². The molecule has 1 aromatic carbocycles. The zero-order valence-electron chi connectivity index (χ0n) is 12.4. The number of aryl methyl sites for hydroxylation is 2. The van der Waals surface area contributed by atoms with Crippen LogP contribution in [0.1, 0.15) is 35.0 Å². The van der Waals surface area contributed by atoms with Crippen molar-refractivity contribution in [2.45, 2.75) is 44.4 Å². The van der Waals surface area contributed by atoms with Crippen molar-refractivity contribution in [2.75, 3.05) is 6.54 Å². The van der Waals surface area contributed by atoms with Crippen molar-refractivity contribution in [3.8, 4) is 0 Å². The number of hydrogen-bond donors (Lipinski definition) is 1. The fourth-order valence-electron chi connectivity index (χ4n) is 2.01. The van der Waals surface area contributed by atoms with Gasteiger partial charge in [0, 0.05) is 16.3 Å². The van der Waals surface area contributed by atoms with Gasteiger partial charge in [-0.25, -0.2) is 4.98 Å². The van der Waals surface area contributed by atoms with Crippen LogP contribution >= 0.6 is 23.1 Å². The lowest BCUT2D eigenvalue weighted by Gasteiger charge is -2.02. The van der Waals surface area contributed by atoms with Crippen molar-refractivity contribution in [3.05, 3.63) is 45.4 Å². The van der Waals surface area contributed by atoms with E-state index in [1.807, 2.05) is 23.1 Å². The highest BCUT2D eigenvalue weighted by molar-refractivity contribution is 7.98. The fraction of sp³-hybridized carbons (Fsp3) is 0.438. The number of rotatable bonds is 7. The van der Waals surface area contributed by atoms with Crippen molar-refractivity contribution in [3.63, 3.8) is 0 Å². The lowest BCUT2D eigenvalue weighted by Crippen LogP contribution is -2.11. The minimum atomic E-state index is 0.951. The molecule has 4 heteroatoms. The lowest BCUT2D eigenvalue weighted by atomic mass is 10.2. The average Bonchev–Trinajstić information content (AvgIpc) is 2.86. The summed E-state index contributed by atoms with van der Waals surface area (Å²) in [5.41, 5.74) is 2.61. The summed E-state index contributed by atoms with van der Waals surface area (Å²) in [6.45, 7) is 8.45. The Hall–Kier alpha value is -0.840. The molecule has 0 fully saturated rings. The Morgan fingerprint density at radius 3 is 2.75 bits per heavy atom. The topological polar surface area (TPSA) is 24.9 Å². The Balaban J connectivity index is 2.02. The number of nitrogens with one attached hydrogen (secondary N) is 1. The third-order valence-corrected chi connectivity index (χ3v) is 5.60. The van der Waals surface area contributed by atoms with Crippen LogP contribution in [0.3, 0.4) is 0 Å². The van der Waals surface area contributed by atoms with Gasteiger partial charge in [-0.2, -0.15) is 0 Å². The molecular weight excluding hydrogens is 284 g/mol. The van der Waals surface area contributed by atoms with Crippen LogP contribution in [0.25, 0.3) is 0 Å². The third-order valence-electron chi connectivity index (χ3n) is 3.14. The molecule has 0 unspecified atom stereocenters. The van der Waals surface area contributed by atoms with Gasteiger partial charge >= 0.3 is 0 Å². The molecule has 0 aliphatic heterocycles. The molecule has 0 spiro atoms. The number of thiazole rings is 1. The van der Waals surface area contributed by atoms with E-state index in [0.29, 0.717) is 0 Å². The average molecular weight is 307 g/mol. The van der Waals surface area contributed by atoms with Gasteiger partial charge in [-0.05, 0) is 31.5 Å². The van der Waals surface area contributed by atoms with Gasteiger partial charge < -0.3 is 5.32 Å². The molecule has 108 valence electrons. The molecule has 0 aliphatic rings. The van der Waals surface area contributed by atoms with Gasteiger partial charge in [-0.15, -0.1) is 23.1 Å². The minimum absolute atomic E-state index is 0.951. The van der Waals surface area contributed by atoms with Crippen LogP contribution in [0.4, 0.5) is 0 Å². The normalized spacial score (nSPS) is 10.9. The summed E-state index contributed by atoms with van der Waals surface area (Å²) in [4.78, 5) is 7.54. The summed E-state index contributed by atoms with van der Waals surface area (Å²) < 4.78 is 0. The van der Waals surface area contributed by atoms with Crippen LogP contribution in [0.15, 0.2) is 29.2 Å². The van der Waals surface area contributed by atoms with Gasteiger partial charge in [0.25, 0.3) is 0 Å². The van der Waals surface area contributed by atoms with Gasteiger partial charge in [-0.3, -0.25) is 0 Å². The maximum Gasteiger partial charge on any atom is 0.103 e. The van der Waals surface area contributed by atoms with E-state index >= 15 is 0 Å². The lowest BCUT2D eigenvalue weighted by molar-refractivity contribution is 0.727. The number of nitrogens with zero attached hydrogens (tertiary/aromatic N) is 1. The summed E-state index contributed by atoms with van der Waals surface area (Å²) in [7, 11) is 0. The first-order chi connectivity index (χ1) is 9.74. The predicted molar refractivity (Wildman–Crippen MR) is 89.6 cm³/mol. The molecule has 0 radical (unpaired) electrons. The highest BCUT2D eigenvalue weighted by Crippen LogP contribution is 2.29. The Morgan fingerprint density at radius 2 is 2.05 bits per heavy atom. The number of benzene rings is 1.